The molecule has 22 heavy (non-hydrogen) atoms. The third kappa shape index (κ3) is 5.68. The molecule has 132 valence electrons. The Morgan fingerprint density at radius 2 is 1.32 bits per heavy atom. The van der Waals surface area contributed by atoms with E-state index >= 15 is 0 Å². The van der Waals surface area contributed by atoms with Gasteiger partial charge in [0.15, 0.2) is 0 Å². The first kappa shape index (κ1) is 21.6. The van der Waals surface area contributed by atoms with Gasteiger partial charge in [-0.05, 0) is 26.7 Å². The van der Waals surface area contributed by atoms with Crippen LogP contribution in [-0.2, 0) is 14.2 Å². The number of unbranched alkanes of at least 4 members (excludes halogenated alkanes) is 5. The molecule has 0 bridgehead atoms. The standard InChI is InChI=1S/C19H38O3/c1-8-10-11-12-13-14-15-18(9-2,16-17(3)4)19(20-5,21-6)22-7/h16H,8-15H2,1-7H3. The third-order valence-corrected chi connectivity index (χ3v) is 4.59. The van der Waals surface area contributed by atoms with Gasteiger partial charge in [-0.15, -0.1) is 0 Å². The number of hydrogen-bond donors (Lipinski definition) is 0. The molecule has 1 unspecified atom stereocenters. The van der Waals surface area contributed by atoms with Gasteiger partial charge in [0.1, 0.15) is 0 Å². The van der Waals surface area contributed by atoms with Gasteiger partial charge in [0, 0.05) is 21.3 Å². The van der Waals surface area contributed by atoms with E-state index in [1.807, 2.05) is 0 Å². The molecule has 0 aliphatic rings. The lowest BCUT2D eigenvalue weighted by Crippen LogP contribution is -2.52. The van der Waals surface area contributed by atoms with Crippen molar-refractivity contribution in [3.8, 4) is 0 Å². The van der Waals surface area contributed by atoms with Gasteiger partial charge in [-0.3, -0.25) is 0 Å². The molecule has 0 N–H and O–H groups in total. The number of ether oxygens (including phenoxy) is 3. The summed E-state index contributed by atoms with van der Waals surface area (Å²) in [5.74, 6) is -1.01. The van der Waals surface area contributed by atoms with Gasteiger partial charge in [0.05, 0.1) is 5.41 Å². The Bertz CT molecular complexity index is 296. The van der Waals surface area contributed by atoms with Crippen LogP contribution < -0.4 is 0 Å². The number of allylic oxidation sites excluding steroid dienone is 1. The van der Waals surface area contributed by atoms with E-state index in [0.29, 0.717) is 0 Å². The molecule has 0 spiro atoms. The van der Waals surface area contributed by atoms with Gasteiger partial charge < -0.3 is 14.2 Å². The summed E-state index contributed by atoms with van der Waals surface area (Å²) in [5, 5.41) is 0. The number of methoxy groups -OCH3 is 3. The van der Waals surface area contributed by atoms with Gasteiger partial charge in [-0.2, -0.15) is 0 Å². The minimum absolute atomic E-state index is 0.255. The van der Waals surface area contributed by atoms with Gasteiger partial charge >= 0.3 is 0 Å². The maximum absolute atomic E-state index is 5.70. The fourth-order valence-electron chi connectivity index (χ4n) is 3.44. The molecule has 0 aliphatic carbocycles. The molecule has 0 fully saturated rings. The van der Waals surface area contributed by atoms with Crippen molar-refractivity contribution >= 4 is 0 Å². The van der Waals surface area contributed by atoms with Crippen LogP contribution in [0.4, 0.5) is 0 Å². The highest BCUT2D eigenvalue weighted by Gasteiger charge is 2.50. The van der Waals surface area contributed by atoms with Crippen molar-refractivity contribution < 1.29 is 14.2 Å². The van der Waals surface area contributed by atoms with Crippen molar-refractivity contribution in [2.75, 3.05) is 21.3 Å². The highest BCUT2D eigenvalue weighted by molar-refractivity contribution is 5.09. The summed E-state index contributed by atoms with van der Waals surface area (Å²) < 4.78 is 17.1. The van der Waals surface area contributed by atoms with Crippen molar-refractivity contribution in [2.24, 2.45) is 5.41 Å². The lowest BCUT2D eigenvalue weighted by molar-refractivity contribution is -0.399. The van der Waals surface area contributed by atoms with Gasteiger partial charge in [0.2, 0.25) is 0 Å². The predicted molar refractivity (Wildman–Crippen MR) is 93.9 cm³/mol. The Kier molecular flexibility index (Phi) is 11.0. The van der Waals surface area contributed by atoms with Crippen molar-refractivity contribution in [3.05, 3.63) is 11.6 Å². The molecule has 0 amide bonds. The van der Waals surface area contributed by atoms with E-state index in [9.17, 15) is 0 Å². The highest BCUT2D eigenvalue weighted by Crippen LogP contribution is 2.45. The van der Waals surface area contributed by atoms with Crippen molar-refractivity contribution in [1.82, 2.24) is 0 Å². The smallest absolute Gasteiger partial charge is 0.291 e. The zero-order chi connectivity index (χ0) is 17.1. The zero-order valence-electron chi connectivity index (χ0n) is 16.0. The minimum Gasteiger partial charge on any atom is -0.330 e. The molecule has 0 rings (SSSR count). The summed E-state index contributed by atoms with van der Waals surface area (Å²) in [6.45, 7) is 8.68. The Morgan fingerprint density at radius 3 is 1.73 bits per heavy atom. The molecule has 3 nitrogen and oxygen atoms in total. The SMILES string of the molecule is CCCCCCCCC(C=C(C)C)(CC)C(OC)(OC)OC. The normalized spacial score (nSPS) is 14.7. The Hall–Kier alpha value is -0.380. The van der Waals surface area contributed by atoms with Crippen LogP contribution in [0.25, 0.3) is 0 Å². The lowest BCUT2D eigenvalue weighted by atomic mass is 9.75. The molecule has 3 heteroatoms. The number of hydrogen-bond acceptors (Lipinski definition) is 3. The minimum atomic E-state index is -1.01. The van der Waals surface area contributed by atoms with E-state index in [1.54, 1.807) is 21.3 Å². The molecule has 0 saturated heterocycles. The average molecular weight is 315 g/mol. The summed E-state index contributed by atoms with van der Waals surface area (Å²) in [6.07, 6.45) is 11.9. The summed E-state index contributed by atoms with van der Waals surface area (Å²) >= 11 is 0. The van der Waals surface area contributed by atoms with Gasteiger partial charge in [0.25, 0.3) is 5.97 Å². The fourth-order valence-corrected chi connectivity index (χ4v) is 3.44. The Labute approximate surface area is 138 Å². The lowest BCUT2D eigenvalue weighted by Gasteiger charge is -2.45. The van der Waals surface area contributed by atoms with Crippen LogP contribution in [-0.4, -0.2) is 27.3 Å². The average Bonchev–Trinajstić information content (AvgIpc) is 2.51. The molecule has 1 atom stereocenters. The van der Waals surface area contributed by atoms with E-state index in [4.69, 9.17) is 14.2 Å². The van der Waals surface area contributed by atoms with Gasteiger partial charge in [-0.1, -0.05) is 64.0 Å². The molecule has 0 saturated carbocycles. The van der Waals surface area contributed by atoms with E-state index in [0.717, 1.165) is 12.8 Å². The van der Waals surface area contributed by atoms with Crippen LogP contribution in [0.15, 0.2) is 11.6 Å². The topological polar surface area (TPSA) is 27.7 Å². The molecule has 0 radical (unpaired) electrons. The van der Waals surface area contributed by atoms with Crippen molar-refractivity contribution in [3.63, 3.8) is 0 Å². The van der Waals surface area contributed by atoms with Crippen LogP contribution in [0.1, 0.15) is 79.1 Å². The maximum Gasteiger partial charge on any atom is 0.291 e. The number of rotatable bonds is 13. The van der Waals surface area contributed by atoms with Crippen LogP contribution in [0.3, 0.4) is 0 Å². The Balaban J connectivity index is 5.06. The van der Waals surface area contributed by atoms with Gasteiger partial charge in [-0.25, -0.2) is 0 Å². The molecule has 0 aromatic heterocycles. The molecule has 0 aliphatic heterocycles. The second-order valence-corrected chi connectivity index (χ2v) is 6.42. The fraction of sp³-hybridized carbons (Fsp3) is 0.895. The molecular weight excluding hydrogens is 276 g/mol. The first-order chi connectivity index (χ1) is 10.5. The van der Waals surface area contributed by atoms with Crippen LogP contribution >= 0.6 is 0 Å². The molecule has 0 aromatic carbocycles. The summed E-state index contributed by atoms with van der Waals surface area (Å²) in [4.78, 5) is 0. The van der Waals surface area contributed by atoms with E-state index in [-0.39, 0.29) is 5.41 Å². The Morgan fingerprint density at radius 1 is 0.818 bits per heavy atom. The zero-order valence-corrected chi connectivity index (χ0v) is 16.0. The van der Waals surface area contributed by atoms with Crippen LogP contribution in [0.2, 0.25) is 0 Å². The summed E-state index contributed by atoms with van der Waals surface area (Å²) in [7, 11) is 4.99. The largest absolute Gasteiger partial charge is 0.330 e. The van der Waals surface area contributed by atoms with Crippen LogP contribution in [0.5, 0.6) is 0 Å². The quantitative estimate of drug-likeness (QED) is 0.248. The molecular formula is C19H38O3. The predicted octanol–water partition coefficient (Wildman–Crippen LogP) is 5.69. The van der Waals surface area contributed by atoms with E-state index in [2.05, 4.69) is 33.8 Å². The maximum atomic E-state index is 5.70. The first-order valence-corrected chi connectivity index (χ1v) is 8.79. The second kappa shape index (κ2) is 11.2. The van der Waals surface area contributed by atoms with E-state index < -0.39 is 5.97 Å². The molecule has 0 aromatic rings. The molecule has 0 heterocycles. The monoisotopic (exact) mass is 314 g/mol. The summed E-state index contributed by atoms with van der Waals surface area (Å²) in [6, 6.07) is 0. The summed E-state index contributed by atoms with van der Waals surface area (Å²) in [5.41, 5.74) is 1.01. The van der Waals surface area contributed by atoms with Crippen LogP contribution in [0, 0.1) is 5.41 Å². The third-order valence-electron chi connectivity index (χ3n) is 4.59. The highest BCUT2D eigenvalue weighted by atomic mass is 16.9. The van der Waals surface area contributed by atoms with E-state index in [1.165, 1.54) is 44.1 Å². The second-order valence-electron chi connectivity index (χ2n) is 6.42. The van der Waals surface area contributed by atoms with Crippen molar-refractivity contribution in [1.29, 1.82) is 0 Å². The van der Waals surface area contributed by atoms with Crippen molar-refractivity contribution in [2.45, 2.75) is 85.0 Å². The first-order valence-electron chi connectivity index (χ1n) is 8.79.